The minimum absolute atomic E-state index is 0.173. The number of fused-ring (bicyclic) bond motifs is 1. The van der Waals surface area contributed by atoms with Crippen LogP contribution in [-0.2, 0) is 16.4 Å². The van der Waals surface area contributed by atoms with E-state index in [1.54, 1.807) is 36.4 Å². The van der Waals surface area contributed by atoms with Crippen LogP contribution in [-0.4, -0.2) is 19.9 Å². The zero-order valence-corrected chi connectivity index (χ0v) is 16.5. The number of benzene rings is 3. The Balaban J connectivity index is 1.42. The average molecular weight is 408 g/mol. The largest absolute Gasteiger partial charge is 0.361 e. The summed E-state index contributed by atoms with van der Waals surface area (Å²) in [5, 5.41) is 1.16. The second-order valence-corrected chi connectivity index (χ2v) is 8.67. The first kappa shape index (κ1) is 19.4. The van der Waals surface area contributed by atoms with Crippen LogP contribution in [0.25, 0.3) is 22.0 Å². The first-order valence-electron chi connectivity index (χ1n) is 9.44. The Bertz CT molecular complexity index is 1250. The third-order valence-electron chi connectivity index (χ3n) is 4.89. The number of aryl methyl sites for hydroxylation is 1. The summed E-state index contributed by atoms with van der Waals surface area (Å²) in [5.41, 5.74) is 3.55. The summed E-state index contributed by atoms with van der Waals surface area (Å²) in [5.74, 6) is -0.355. The van der Waals surface area contributed by atoms with E-state index in [9.17, 15) is 12.8 Å². The molecule has 0 radical (unpaired) electrons. The van der Waals surface area contributed by atoms with E-state index in [4.69, 9.17) is 0 Å². The minimum atomic E-state index is -3.64. The lowest BCUT2D eigenvalue weighted by Gasteiger charge is -2.09. The van der Waals surface area contributed by atoms with E-state index in [2.05, 4.69) is 15.8 Å². The molecule has 1 aromatic heterocycles. The highest BCUT2D eigenvalue weighted by Gasteiger charge is 2.14. The van der Waals surface area contributed by atoms with Crippen molar-refractivity contribution in [1.82, 2.24) is 9.71 Å². The Hall–Kier alpha value is -2.96. The maximum absolute atomic E-state index is 13.5. The van der Waals surface area contributed by atoms with Gasteiger partial charge in [0.1, 0.15) is 5.82 Å². The number of para-hydroxylation sites is 1. The predicted octanol–water partition coefficient (Wildman–Crippen LogP) is 4.89. The number of hydrogen-bond donors (Lipinski definition) is 2. The van der Waals surface area contributed by atoms with Gasteiger partial charge in [-0.1, -0.05) is 42.5 Å². The van der Waals surface area contributed by atoms with E-state index in [0.717, 1.165) is 17.3 Å². The molecule has 0 aliphatic rings. The Morgan fingerprint density at radius 1 is 0.897 bits per heavy atom. The molecule has 3 aromatic carbocycles. The number of nitrogens with one attached hydrogen (secondary N) is 2. The maximum Gasteiger partial charge on any atom is 0.240 e. The summed E-state index contributed by atoms with van der Waals surface area (Å²) < 4.78 is 41.5. The predicted molar refractivity (Wildman–Crippen MR) is 114 cm³/mol. The van der Waals surface area contributed by atoms with Gasteiger partial charge >= 0.3 is 0 Å². The molecule has 0 atom stereocenters. The van der Waals surface area contributed by atoms with Crippen molar-refractivity contribution in [3.8, 4) is 11.1 Å². The molecular weight excluding hydrogens is 387 g/mol. The zero-order chi connectivity index (χ0) is 20.3. The fourth-order valence-electron chi connectivity index (χ4n) is 3.42. The van der Waals surface area contributed by atoms with E-state index in [1.807, 2.05) is 24.4 Å². The van der Waals surface area contributed by atoms with Crippen LogP contribution in [0.5, 0.6) is 0 Å². The molecule has 0 amide bonds. The molecule has 0 saturated carbocycles. The van der Waals surface area contributed by atoms with E-state index in [-0.39, 0.29) is 10.7 Å². The number of H-pyrrole nitrogens is 1. The normalized spacial score (nSPS) is 11.8. The van der Waals surface area contributed by atoms with Gasteiger partial charge in [-0.15, -0.1) is 0 Å². The molecule has 148 valence electrons. The molecule has 0 unspecified atom stereocenters. The van der Waals surface area contributed by atoms with Crippen LogP contribution in [0, 0.1) is 5.82 Å². The summed E-state index contributed by atoms with van der Waals surface area (Å²) >= 11 is 0. The van der Waals surface area contributed by atoms with Gasteiger partial charge in [0.15, 0.2) is 0 Å². The fourth-order valence-corrected chi connectivity index (χ4v) is 4.54. The summed E-state index contributed by atoms with van der Waals surface area (Å²) in [6, 6.07) is 20.7. The number of sulfonamides is 1. The second-order valence-electron chi connectivity index (χ2n) is 6.90. The highest BCUT2D eigenvalue weighted by molar-refractivity contribution is 7.89. The lowest BCUT2D eigenvalue weighted by atomic mass is 10.1. The molecule has 4 aromatic rings. The van der Waals surface area contributed by atoms with Crippen molar-refractivity contribution in [2.45, 2.75) is 17.7 Å². The SMILES string of the molecule is O=S(=O)(NCCCc1c[nH]c2ccccc12)c1cccc(-c2cccc(F)c2)c1. The van der Waals surface area contributed by atoms with Crippen molar-refractivity contribution in [3.63, 3.8) is 0 Å². The zero-order valence-electron chi connectivity index (χ0n) is 15.7. The van der Waals surface area contributed by atoms with Gasteiger partial charge in [-0.3, -0.25) is 0 Å². The van der Waals surface area contributed by atoms with Crippen LogP contribution in [0.15, 0.2) is 83.9 Å². The van der Waals surface area contributed by atoms with Crippen LogP contribution in [0.4, 0.5) is 4.39 Å². The van der Waals surface area contributed by atoms with Crippen LogP contribution >= 0.6 is 0 Å². The monoisotopic (exact) mass is 408 g/mol. The van der Waals surface area contributed by atoms with Gasteiger partial charge in [0.2, 0.25) is 10.0 Å². The average Bonchev–Trinajstić information content (AvgIpc) is 3.14. The molecule has 0 spiro atoms. The molecule has 0 bridgehead atoms. The Morgan fingerprint density at radius 2 is 1.66 bits per heavy atom. The number of rotatable bonds is 7. The van der Waals surface area contributed by atoms with Crippen molar-refractivity contribution in [3.05, 3.63) is 90.4 Å². The Morgan fingerprint density at radius 3 is 2.48 bits per heavy atom. The molecule has 0 saturated heterocycles. The third-order valence-corrected chi connectivity index (χ3v) is 6.35. The van der Waals surface area contributed by atoms with Gasteiger partial charge in [0.25, 0.3) is 0 Å². The van der Waals surface area contributed by atoms with Gasteiger partial charge in [-0.2, -0.15) is 0 Å². The van der Waals surface area contributed by atoms with Crippen LogP contribution in [0.1, 0.15) is 12.0 Å². The van der Waals surface area contributed by atoms with E-state index in [1.165, 1.54) is 17.7 Å². The van der Waals surface area contributed by atoms with Crippen LogP contribution in [0.2, 0.25) is 0 Å². The number of aromatic amines is 1. The smallest absolute Gasteiger partial charge is 0.240 e. The molecule has 0 aliphatic heterocycles. The first-order chi connectivity index (χ1) is 14.0. The molecule has 29 heavy (non-hydrogen) atoms. The van der Waals surface area contributed by atoms with Crippen molar-refractivity contribution < 1.29 is 12.8 Å². The molecule has 4 nitrogen and oxygen atoms in total. The lowest BCUT2D eigenvalue weighted by molar-refractivity contribution is 0.579. The lowest BCUT2D eigenvalue weighted by Crippen LogP contribution is -2.25. The summed E-state index contributed by atoms with van der Waals surface area (Å²) in [6.07, 6.45) is 3.43. The van der Waals surface area contributed by atoms with Crippen LogP contribution in [0.3, 0.4) is 0 Å². The number of hydrogen-bond acceptors (Lipinski definition) is 2. The Kier molecular flexibility index (Phi) is 5.47. The second kappa shape index (κ2) is 8.19. The quantitative estimate of drug-likeness (QED) is 0.428. The third kappa shape index (κ3) is 4.39. The molecule has 2 N–H and O–H groups in total. The molecular formula is C23H21FN2O2S. The van der Waals surface area contributed by atoms with Crippen molar-refractivity contribution >= 4 is 20.9 Å². The Labute approximate surface area is 169 Å². The summed E-state index contributed by atoms with van der Waals surface area (Å²) in [6.45, 7) is 0.339. The molecule has 1 heterocycles. The summed E-state index contributed by atoms with van der Waals surface area (Å²) in [7, 11) is -3.64. The molecule has 0 aliphatic carbocycles. The van der Waals surface area contributed by atoms with Crippen molar-refractivity contribution in [2.75, 3.05) is 6.54 Å². The minimum Gasteiger partial charge on any atom is -0.361 e. The maximum atomic E-state index is 13.5. The van der Waals surface area contributed by atoms with Gasteiger partial charge < -0.3 is 4.98 Å². The highest BCUT2D eigenvalue weighted by atomic mass is 32.2. The summed E-state index contributed by atoms with van der Waals surface area (Å²) in [4.78, 5) is 3.40. The van der Waals surface area contributed by atoms with Crippen LogP contribution < -0.4 is 4.72 Å². The van der Waals surface area contributed by atoms with E-state index in [0.29, 0.717) is 24.1 Å². The van der Waals surface area contributed by atoms with Gasteiger partial charge in [0, 0.05) is 23.6 Å². The van der Waals surface area contributed by atoms with Crippen molar-refractivity contribution in [1.29, 1.82) is 0 Å². The standard InChI is InChI=1S/C23H21FN2O2S/c24-20-9-3-6-17(14-20)18-7-4-10-21(15-18)29(27,28)26-13-5-8-19-16-25-23-12-2-1-11-22(19)23/h1-4,6-7,9-12,14-16,25-26H,5,8,13H2. The number of halogens is 1. The van der Waals surface area contributed by atoms with Gasteiger partial charge in [-0.25, -0.2) is 17.5 Å². The number of aromatic nitrogens is 1. The molecule has 0 fully saturated rings. The van der Waals surface area contributed by atoms with Crippen molar-refractivity contribution in [2.24, 2.45) is 0 Å². The van der Waals surface area contributed by atoms with E-state index >= 15 is 0 Å². The highest BCUT2D eigenvalue weighted by Crippen LogP contribution is 2.23. The van der Waals surface area contributed by atoms with Gasteiger partial charge in [0.05, 0.1) is 4.90 Å². The van der Waals surface area contributed by atoms with E-state index < -0.39 is 10.0 Å². The van der Waals surface area contributed by atoms with Gasteiger partial charge in [-0.05, 0) is 59.9 Å². The topological polar surface area (TPSA) is 62.0 Å². The molecule has 6 heteroatoms. The fraction of sp³-hybridized carbons (Fsp3) is 0.130. The first-order valence-corrected chi connectivity index (χ1v) is 10.9. The molecule has 4 rings (SSSR count).